The summed E-state index contributed by atoms with van der Waals surface area (Å²) in [5.41, 5.74) is 0.0536. The molecule has 1 unspecified atom stereocenters. The minimum absolute atomic E-state index is 0.208. The van der Waals surface area contributed by atoms with E-state index in [4.69, 9.17) is 4.74 Å². The van der Waals surface area contributed by atoms with Gasteiger partial charge in [0.25, 0.3) is 0 Å². The quantitative estimate of drug-likeness (QED) is 0.619. The van der Waals surface area contributed by atoms with Crippen molar-refractivity contribution in [1.29, 1.82) is 0 Å². The number of benzene rings is 1. The summed E-state index contributed by atoms with van der Waals surface area (Å²) in [5.74, 6) is -0.242. The number of carbonyl (C=O) groups is 1. The van der Waals surface area contributed by atoms with Crippen LogP contribution in [0.1, 0.15) is 24.1 Å². The summed E-state index contributed by atoms with van der Waals surface area (Å²) < 4.78 is 43.7. The van der Waals surface area contributed by atoms with Gasteiger partial charge in [-0.1, -0.05) is 30.4 Å². The van der Waals surface area contributed by atoms with Crippen LogP contribution in [0.4, 0.5) is 13.2 Å². The van der Waals surface area contributed by atoms with Gasteiger partial charge in [0, 0.05) is 25.7 Å². The zero-order chi connectivity index (χ0) is 19.0. The van der Waals surface area contributed by atoms with Gasteiger partial charge in [-0.15, -0.1) is 0 Å². The summed E-state index contributed by atoms with van der Waals surface area (Å²) in [6, 6.07) is 4.91. The third kappa shape index (κ3) is 6.00. The maximum atomic E-state index is 12.8. The van der Waals surface area contributed by atoms with Gasteiger partial charge in [-0.3, -0.25) is 9.69 Å². The van der Waals surface area contributed by atoms with Gasteiger partial charge < -0.3 is 10.1 Å². The van der Waals surface area contributed by atoms with Crippen molar-refractivity contribution in [2.75, 3.05) is 32.8 Å². The fraction of sp³-hybridized carbons (Fsp3) is 0.421. The lowest BCUT2D eigenvalue weighted by Crippen LogP contribution is -2.43. The number of nitrogens with one attached hydrogen (secondary N) is 1. The second-order valence-corrected chi connectivity index (χ2v) is 5.91. The molecule has 0 spiro atoms. The Balaban J connectivity index is 2.11. The number of carbonyl (C=O) groups excluding carboxylic acids is 1. The maximum absolute atomic E-state index is 12.8. The van der Waals surface area contributed by atoms with Crippen LogP contribution in [0.3, 0.4) is 0 Å². The van der Waals surface area contributed by atoms with Crippen molar-refractivity contribution < 1.29 is 22.7 Å². The molecule has 0 aliphatic carbocycles. The molecule has 1 fully saturated rings. The van der Waals surface area contributed by atoms with Crippen molar-refractivity contribution in [3.05, 3.63) is 59.7 Å². The van der Waals surface area contributed by atoms with Crippen molar-refractivity contribution in [2.24, 2.45) is 0 Å². The van der Waals surface area contributed by atoms with E-state index in [9.17, 15) is 18.0 Å². The van der Waals surface area contributed by atoms with Gasteiger partial charge in [0.2, 0.25) is 5.91 Å². The van der Waals surface area contributed by atoms with E-state index >= 15 is 0 Å². The Hall–Kier alpha value is -2.12. The number of alkyl halides is 3. The molecule has 0 bridgehead atoms. The van der Waals surface area contributed by atoms with Crippen molar-refractivity contribution in [3.8, 4) is 0 Å². The first-order valence-corrected chi connectivity index (χ1v) is 8.48. The number of rotatable bonds is 6. The number of halogens is 3. The van der Waals surface area contributed by atoms with Crippen molar-refractivity contribution in [2.45, 2.75) is 19.1 Å². The Labute approximate surface area is 151 Å². The molecule has 1 atom stereocenters. The van der Waals surface area contributed by atoms with Gasteiger partial charge in [0.15, 0.2) is 0 Å². The molecule has 1 aliphatic heterocycles. The molecule has 1 N–H and O–H groups in total. The SMILES string of the molecule is C/C=C/C=C/C(=O)NCC(c1ccc(C(F)(F)F)cc1)N1CCOCC1. The molecule has 1 amide bonds. The summed E-state index contributed by atoms with van der Waals surface area (Å²) in [6.07, 6.45) is 2.25. The predicted octanol–water partition coefficient (Wildman–Crippen LogP) is 3.33. The predicted molar refractivity (Wildman–Crippen MR) is 93.5 cm³/mol. The highest BCUT2D eigenvalue weighted by Gasteiger charge is 2.31. The molecule has 1 aliphatic rings. The number of amides is 1. The second-order valence-electron chi connectivity index (χ2n) is 5.91. The first-order chi connectivity index (χ1) is 12.4. The van der Waals surface area contributed by atoms with E-state index in [0.717, 1.165) is 17.7 Å². The minimum atomic E-state index is -4.36. The fourth-order valence-corrected chi connectivity index (χ4v) is 2.75. The van der Waals surface area contributed by atoms with Crippen LogP contribution in [0, 0.1) is 0 Å². The average molecular weight is 368 g/mol. The lowest BCUT2D eigenvalue weighted by Gasteiger charge is -2.35. The number of allylic oxidation sites excluding steroid dienone is 3. The third-order valence-electron chi connectivity index (χ3n) is 4.13. The smallest absolute Gasteiger partial charge is 0.379 e. The molecular weight excluding hydrogens is 345 g/mol. The maximum Gasteiger partial charge on any atom is 0.416 e. The van der Waals surface area contributed by atoms with Crippen LogP contribution >= 0.6 is 0 Å². The first-order valence-electron chi connectivity index (χ1n) is 8.48. The van der Waals surface area contributed by atoms with Crippen LogP contribution in [-0.2, 0) is 15.7 Å². The summed E-state index contributed by atoms with van der Waals surface area (Å²) >= 11 is 0. The summed E-state index contributed by atoms with van der Waals surface area (Å²) in [5, 5.41) is 2.82. The Kier molecular flexibility index (Phi) is 7.41. The average Bonchev–Trinajstić information content (AvgIpc) is 2.63. The second kappa shape index (κ2) is 9.54. The molecule has 142 valence electrons. The normalized spacial score (nSPS) is 17.7. The molecule has 2 rings (SSSR count). The zero-order valence-corrected chi connectivity index (χ0v) is 14.6. The standard InChI is InChI=1S/C19H23F3N2O2/c1-2-3-4-5-18(25)23-14-17(24-10-12-26-13-11-24)15-6-8-16(9-7-15)19(20,21)22/h2-9,17H,10-14H2,1H3,(H,23,25)/b3-2+,5-4+. The van der Waals surface area contributed by atoms with E-state index in [-0.39, 0.29) is 11.9 Å². The molecule has 4 nitrogen and oxygen atoms in total. The number of nitrogens with zero attached hydrogens (tertiary/aromatic N) is 1. The van der Waals surface area contributed by atoms with Crippen molar-refractivity contribution in [3.63, 3.8) is 0 Å². The van der Waals surface area contributed by atoms with Crippen LogP contribution in [0.2, 0.25) is 0 Å². The van der Waals surface area contributed by atoms with Gasteiger partial charge in [0.05, 0.1) is 24.8 Å². The van der Waals surface area contributed by atoms with Crippen molar-refractivity contribution in [1.82, 2.24) is 10.2 Å². The van der Waals surface area contributed by atoms with Gasteiger partial charge in [-0.25, -0.2) is 0 Å². The zero-order valence-electron chi connectivity index (χ0n) is 14.6. The monoisotopic (exact) mass is 368 g/mol. The highest BCUT2D eigenvalue weighted by Crippen LogP contribution is 2.31. The Morgan fingerprint density at radius 2 is 1.88 bits per heavy atom. The van der Waals surface area contributed by atoms with Gasteiger partial charge in [-0.2, -0.15) is 13.2 Å². The van der Waals surface area contributed by atoms with E-state index in [1.54, 1.807) is 12.2 Å². The van der Waals surface area contributed by atoms with Gasteiger partial charge >= 0.3 is 6.18 Å². The van der Waals surface area contributed by atoms with E-state index in [1.165, 1.54) is 18.2 Å². The molecule has 1 heterocycles. The van der Waals surface area contributed by atoms with E-state index in [0.29, 0.717) is 32.8 Å². The van der Waals surface area contributed by atoms with Crippen LogP contribution < -0.4 is 5.32 Å². The van der Waals surface area contributed by atoms with Gasteiger partial charge in [0.1, 0.15) is 0 Å². The number of hydrogen-bond acceptors (Lipinski definition) is 3. The molecule has 26 heavy (non-hydrogen) atoms. The molecule has 1 aromatic carbocycles. The molecule has 1 saturated heterocycles. The highest BCUT2D eigenvalue weighted by atomic mass is 19.4. The Bertz CT molecular complexity index is 633. The molecule has 0 radical (unpaired) electrons. The van der Waals surface area contributed by atoms with Crippen LogP contribution in [0.15, 0.2) is 48.6 Å². The van der Waals surface area contributed by atoms with Crippen LogP contribution in [0.5, 0.6) is 0 Å². The summed E-state index contributed by atoms with van der Waals surface area (Å²) in [4.78, 5) is 14.0. The van der Waals surface area contributed by atoms with Crippen LogP contribution in [0.25, 0.3) is 0 Å². The van der Waals surface area contributed by atoms with Crippen molar-refractivity contribution >= 4 is 5.91 Å². The van der Waals surface area contributed by atoms with E-state index in [2.05, 4.69) is 10.2 Å². The van der Waals surface area contributed by atoms with Gasteiger partial charge in [-0.05, 0) is 24.6 Å². The lowest BCUT2D eigenvalue weighted by molar-refractivity contribution is -0.137. The molecule has 0 saturated carbocycles. The number of hydrogen-bond donors (Lipinski definition) is 1. The molecular formula is C19H23F3N2O2. The Morgan fingerprint density at radius 1 is 1.23 bits per heavy atom. The number of ether oxygens (including phenoxy) is 1. The van der Waals surface area contributed by atoms with E-state index in [1.807, 2.05) is 13.0 Å². The molecule has 7 heteroatoms. The lowest BCUT2D eigenvalue weighted by atomic mass is 10.0. The largest absolute Gasteiger partial charge is 0.416 e. The molecule has 0 aromatic heterocycles. The molecule has 1 aromatic rings. The fourth-order valence-electron chi connectivity index (χ4n) is 2.75. The summed E-state index contributed by atoms with van der Waals surface area (Å²) in [7, 11) is 0. The Morgan fingerprint density at radius 3 is 2.46 bits per heavy atom. The topological polar surface area (TPSA) is 41.6 Å². The first kappa shape index (κ1) is 20.2. The minimum Gasteiger partial charge on any atom is -0.379 e. The van der Waals surface area contributed by atoms with E-state index < -0.39 is 11.7 Å². The third-order valence-corrected chi connectivity index (χ3v) is 4.13. The number of morpholine rings is 1. The van der Waals surface area contributed by atoms with Crippen LogP contribution in [-0.4, -0.2) is 43.7 Å². The summed E-state index contributed by atoms with van der Waals surface area (Å²) in [6.45, 7) is 4.61. The highest BCUT2D eigenvalue weighted by molar-refractivity contribution is 5.87.